The lowest BCUT2D eigenvalue weighted by molar-refractivity contribution is -0.120. The molecule has 1 heterocycles. The average Bonchev–Trinajstić information content (AvgIpc) is 2.85. The van der Waals surface area contributed by atoms with Gasteiger partial charge in [0.1, 0.15) is 11.3 Å². The van der Waals surface area contributed by atoms with E-state index in [0.29, 0.717) is 6.07 Å². The summed E-state index contributed by atoms with van der Waals surface area (Å²) in [4.78, 5) is 36.0. The number of carboxylic acids is 1. The fourth-order valence-corrected chi connectivity index (χ4v) is 3.45. The van der Waals surface area contributed by atoms with Crippen LogP contribution in [0.5, 0.6) is 5.75 Å². The zero-order valence-corrected chi connectivity index (χ0v) is 16.9. The molecule has 2 aromatic rings. The van der Waals surface area contributed by atoms with E-state index >= 15 is 0 Å². The number of nitrogens with one attached hydrogen (secondary N) is 1. The minimum absolute atomic E-state index is 0.0559. The number of carboxylic acid groups (broad SMARTS) is 1. The number of aromatic hydroxyl groups is 1. The third-order valence-corrected chi connectivity index (χ3v) is 5.02. The highest BCUT2D eigenvalue weighted by atomic mass is 19.1. The number of phenols is 1. The molecule has 0 bridgehead atoms. The van der Waals surface area contributed by atoms with E-state index in [9.17, 15) is 33.4 Å². The molecule has 9 heteroatoms. The molecule has 33 heavy (non-hydrogen) atoms. The number of benzene rings is 3. The number of carbonyl (C=O) groups is 2. The van der Waals surface area contributed by atoms with Crippen LogP contribution >= 0.6 is 0 Å². The zero-order valence-electron chi connectivity index (χ0n) is 20.9. The molecule has 0 spiro atoms. The predicted molar refractivity (Wildman–Crippen MR) is 115 cm³/mol. The van der Waals surface area contributed by atoms with E-state index in [1.807, 2.05) is 0 Å². The van der Waals surface area contributed by atoms with Gasteiger partial charge in [-0.25, -0.2) is 13.6 Å². The molecule has 0 fully saturated rings. The van der Waals surface area contributed by atoms with Crippen molar-refractivity contribution in [3.05, 3.63) is 75.4 Å². The quantitative estimate of drug-likeness (QED) is 0.385. The van der Waals surface area contributed by atoms with Gasteiger partial charge in [-0.3, -0.25) is 9.59 Å². The lowest BCUT2D eigenvalue weighted by Crippen LogP contribution is -2.21. The molecule has 1 aliphatic carbocycles. The van der Waals surface area contributed by atoms with Crippen LogP contribution in [0.3, 0.4) is 0 Å². The van der Waals surface area contributed by atoms with Crippen molar-refractivity contribution in [2.24, 2.45) is 0 Å². The van der Waals surface area contributed by atoms with E-state index in [1.165, 1.54) is 0 Å². The summed E-state index contributed by atoms with van der Waals surface area (Å²) >= 11 is 0. The molecular formula is C24H17F2NO6. The van der Waals surface area contributed by atoms with Gasteiger partial charge in [0.15, 0.2) is 17.4 Å². The Morgan fingerprint density at radius 1 is 1.12 bits per heavy atom. The molecule has 1 aliphatic heterocycles. The SMILES string of the molecule is [2H]c1c([2H])c([2H])c(-c2c3cc(F)c(=O)cc-3oc3c(CNC(=O)CC)c(O)c(F)cc23)c(C(=O)O)c1[2H]. The predicted octanol–water partition coefficient (Wildman–Crippen LogP) is 4.27. The minimum atomic E-state index is -1.75. The Morgan fingerprint density at radius 2 is 1.85 bits per heavy atom. The fourth-order valence-electron chi connectivity index (χ4n) is 3.45. The first kappa shape index (κ1) is 17.3. The third-order valence-electron chi connectivity index (χ3n) is 5.02. The minimum Gasteiger partial charge on any atom is -0.504 e. The second-order valence-electron chi connectivity index (χ2n) is 7.00. The van der Waals surface area contributed by atoms with E-state index < -0.39 is 76.5 Å². The van der Waals surface area contributed by atoms with Crippen LogP contribution in [0.2, 0.25) is 0 Å². The standard InChI is InChI=1S/C24H17F2NO6/c1-2-20(29)27-10-15-22(30)17(26)8-14-21(11-5-3-4-6-12(11)24(31)32)13-7-16(25)18(28)9-19(13)33-23(14)15/h3-9,30H,2,10H2,1H3,(H,27,29)(H,31,32)/i3D,4D,5D,6D. The summed E-state index contributed by atoms with van der Waals surface area (Å²) in [7, 11) is 0. The van der Waals surface area contributed by atoms with Crippen molar-refractivity contribution in [2.45, 2.75) is 19.9 Å². The van der Waals surface area contributed by atoms with Crippen molar-refractivity contribution in [3.8, 4) is 28.2 Å². The van der Waals surface area contributed by atoms with Gasteiger partial charge in [-0.1, -0.05) is 25.1 Å². The second kappa shape index (κ2) is 8.34. The normalized spacial score (nSPS) is 12.8. The Balaban J connectivity index is 2.30. The maximum absolute atomic E-state index is 14.9. The monoisotopic (exact) mass is 457 g/mol. The van der Waals surface area contributed by atoms with Crippen molar-refractivity contribution >= 4 is 22.8 Å². The summed E-state index contributed by atoms with van der Waals surface area (Å²) in [5.41, 5.74) is -3.90. The van der Waals surface area contributed by atoms with Crippen LogP contribution in [0, 0.1) is 11.6 Å². The van der Waals surface area contributed by atoms with Crippen molar-refractivity contribution in [2.75, 3.05) is 0 Å². The Morgan fingerprint density at radius 3 is 2.55 bits per heavy atom. The van der Waals surface area contributed by atoms with Gasteiger partial charge in [0.05, 0.1) is 23.2 Å². The molecule has 0 unspecified atom stereocenters. The van der Waals surface area contributed by atoms with Crippen LogP contribution in [0.1, 0.15) is 34.7 Å². The highest BCUT2D eigenvalue weighted by molar-refractivity contribution is 6.08. The van der Waals surface area contributed by atoms with Gasteiger partial charge in [-0.05, 0) is 23.7 Å². The molecule has 0 aromatic heterocycles. The molecule has 168 valence electrons. The lowest BCUT2D eigenvalue weighted by Gasteiger charge is -2.19. The molecule has 0 radical (unpaired) electrons. The number of halogens is 2. The molecular weight excluding hydrogens is 436 g/mol. The van der Waals surface area contributed by atoms with Gasteiger partial charge in [0.2, 0.25) is 11.3 Å². The number of phenolic OH excluding ortho intramolecular Hbond substituents is 1. The van der Waals surface area contributed by atoms with E-state index in [0.717, 1.165) is 12.1 Å². The van der Waals surface area contributed by atoms with Gasteiger partial charge in [0, 0.05) is 29.0 Å². The van der Waals surface area contributed by atoms with Gasteiger partial charge in [0.25, 0.3) is 0 Å². The number of hydrogen-bond acceptors (Lipinski definition) is 5. The van der Waals surface area contributed by atoms with Crippen molar-refractivity contribution in [1.29, 1.82) is 0 Å². The van der Waals surface area contributed by atoms with Crippen LogP contribution in [0.4, 0.5) is 8.78 Å². The molecule has 7 nitrogen and oxygen atoms in total. The summed E-state index contributed by atoms with van der Waals surface area (Å²) in [6.45, 7) is 1.10. The maximum atomic E-state index is 14.9. The molecule has 0 saturated carbocycles. The Bertz CT molecular complexity index is 1670. The summed E-state index contributed by atoms with van der Waals surface area (Å²) < 4.78 is 67.5. The molecule has 0 atom stereocenters. The first-order valence-electron chi connectivity index (χ1n) is 11.6. The number of amides is 1. The molecule has 2 aromatic carbocycles. The number of hydrogen-bond donors (Lipinski definition) is 3. The van der Waals surface area contributed by atoms with E-state index in [1.54, 1.807) is 6.92 Å². The van der Waals surface area contributed by atoms with Crippen molar-refractivity contribution in [3.63, 3.8) is 0 Å². The summed E-state index contributed by atoms with van der Waals surface area (Å²) in [6.07, 6.45) is 0.0559. The summed E-state index contributed by atoms with van der Waals surface area (Å²) in [5, 5.41) is 22.4. The number of rotatable bonds is 5. The van der Waals surface area contributed by atoms with Crippen LogP contribution in [-0.2, 0) is 11.3 Å². The van der Waals surface area contributed by atoms with Crippen LogP contribution in [0.15, 0.2) is 51.6 Å². The largest absolute Gasteiger partial charge is 0.504 e. The highest BCUT2D eigenvalue weighted by Gasteiger charge is 2.26. The van der Waals surface area contributed by atoms with Crippen LogP contribution in [0.25, 0.3) is 33.4 Å². The smallest absolute Gasteiger partial charge is 0.336 e. The van der Waals surface area contributed by atoms with Crippen LogP contribution < -0.4 is 10.7 Å². The highest BCUT2D eigenvalue weighted by Crippen LogP contribution is 2.44. The fraction of sp³-hybridized carbons (Fsp3) is 0.125. The first-order chi connectivity index (χ1) is 17.4. The molecule has 1 amide bonds. The third kappa shape index (κ3) is 3.78. The van der Waals surface area contributed by atoms with Crippen molar-refractivity contribution < 1.29 is 38.5 Å². The molecule has 0 saturated heterocycles. The lowest BCUT2D eigenvalue weighted by atomic mass is 9.89. The zero-order chi connectivity index (χ0) is 27.3. The average molecular weight is 457 g/mol. The van der Waals surface area contributed by atoms with E-state index in [-0.39, 0.29) is 39.8 Å². The number of fused-ring (bicyclic) bond motifs is 2. The van der Waals surface area contributed by atoms with Gasteiger partial charge >= 0.3 is 5.97 Å². The summed E-state index contributed by atoms with van der Waals surface area (Å²) in [6, 6.07) is -1.26. The molecule has 2 aliphatic rings. The maximum Gasteiger partial charge on any atom is 0.336 e. The van der Waals surface area contributed by atoms with Gasteiger partial charge in [-0.15, -0.1) is 0 Å². The molecule has 3 N–H and O–H groups in total. The Labute approximate surface area is 190 Å². The van der Waals surface area contributed by atoms with E-state index in [2.05, 4.69) is 5.32 Å². The Kier molecular flexibility index (Phi) is 4.38. The Hall–Kier alpha value is -4.27. The van der Waals surface area contributed by atoms with Gasteiger partial charge < -0.3 is 19.9 Å². The second-order valence-corrected chi connectivity index (χ2v) is 7.00. The number of carbonyl (C=O) groups excluding carboxylic acids is 1. The summed E-state index contributed by atoms with van der Waals surface area (Å²) in [5.74, 6) is -5.99. The first-order valence-corrected chi connectivity index (χ1v) is 9.60. The number of aromatic carboxylic acids is 1. The molecule has 4 rings (SSSR count). The van der Waals surface area contributed by atoms with Crippen molar-refractivity contribution in [1.82, 2.24) is 5.32 Å². The van der Waals surface area contributed by atoms with Gasteiger partial charge in [-0.2, -0.15) is 0 Å². The topological polar surface area (TPSA) is 117 Å². The van der Waals surface area contributed by atoms with Crippen LogP contribution in [-0.4, -0.2) is 22.1 Å². The van der Waals surface area contributed by atoms with E-state index in [4.69, 9.17) is 9.90 Å².